The molecule has 3 aromatic carbocycles. The lowest BCUT2D eigenvalue weighted by Crippen LogP contribution is -2.52. The van der Waals surface area contributed by atoms with Gasteiger partial charge in [-0.2, -0.15) is 0 Å². The van der Waals surface area contributed by atoms with Crippen LogP contribution < -0.4 is 34.9 Å². The Morgan fingerprint density at radius 1 is 0.780 bits per heavy atom. The van der Waals surface area contributed by atoms with Gasteiger partial charge in [-0.15, -0.1) is 0 Å². The number of carbonyl (C=O) groups excluding carboxylic acids is 2. The second kappa shape index (κ2) is 15.4. The number of carbonyl (C=O) groups is 2. The molecule has 0 aliphatic carbocycles. The zero-order chi connectivity index (χ0) is 29.8. The van der Waals surface area contributed by atoms with Crippen LogP contribution in [-0.2, 0) is 28.9 Å². The number of nitrogens with one attached hydrogen (secondary N) is 4. The standard InChI is InChI=1S/C30H35ClN4O6/c1-38-24-11-7-20(16-26(24)40-3)13-14-33-29(37)23(15-19-5-9-22(31)10-6-19)34-30(32)35-28(36)18-21-8-12-25(39-2)27(17-21)41-4/h5-12,16-17,23H,13-15,18H2,1-4H3,(H,33,37)(H3,32,34,35,36)/t23-/m1/s1. The summed E-state index contributed by atoms with van der Waals surface area (Å²) in [5, 5.41) is 17.2. The molecule has 0 radical (unpaired) electrons. The third kappa shape index (κ3) is 9.32. The molecular formula is C30H35ClN4O6. The molecule has 10 nitrogen and oxygen atoms in total. The molecular weight excluding hydrogens is 548 g/mol. The van der Waals surface area contributed by atoms with Gasteiger partial charge in [0.2, 0.25) is 11.8 Å². The van der Waals surface area contributed by atoms with E-state index in [0.717, 1.165) is 11.1 Å². The molecule has 0 saturated carbocycles. The number of methoxy groups -OCH3 is 4. The first kappa shape index (κ1) is 31.1. The predicted molar refractivity (Wildman–Crippen MR) is 157 cm³/mol. The first-order chi connectivity index (χ1) is 19.8. The topological polar surface area (TPSA) is 131 Å². The van der Waals surface area contributed by atoms with Crippen molar-refractivity contribution in [1.29, 1.82) is 5.41 Å². The molecule has 0 fully saturated rings. The fourth-order valence-corrected chi connectivity index (χ4v) is 4.25. The van der Waals surface area contributed by atoms with Crippen molar-refractivity contribution in [3.05, 3.63) is 82.4 Å². The van der Waals surface area contributed by atoms with Gasteiger partial charge in [-0.3, -0.25) is 20.3 Å². The number of amides is 2. The van der Waals surface area contributed by atoms with Crippen LogP contribution in [0.5, 0.6) is 23.0 Å². The largest absolute Gasteiger partial charge is 0.493 e. The number of guanidine groups is 1. The molecule has 0 unspecified atom stereocenters. The third-order valence-electron chi connectivity index (χ3n) is 6.23. The summed E-state index contributed by atoms with van der Waals surface area (Å²) < 4.78 is 21.1. The molecule has 0 spiro atoms. The molecule has 0 saturated heterocycles. The summed E-state index contributed by atoms with van der Waals surface area (Å²) in [4.78, 5) is 25.8. The highest BCUT2D eigenvalue weighted by molar-refractivity contribution is 6.30. The van der Waals surface area contributed by atoms with Gasteiger partial charge in [0, 0.05) is 18.0 Å². The van der Waals surface area contributed by atoms with E-state index in [4.69, 9.17) is 36.0 Å². The molecule has 0 aromatic heterocycles. The summed E-state index contributed by atoms with van der Waals surface area (Å²) in [7, 11) is 6.19. The van der Waals surface area contributed by atoms with Crippen molar-refractivity contribution >= 4 is 29.4 Å². The predicted octanol–water partition coefficient (Wildman–Crippen LogP) is 3.53. The van der Waals surface area contributed by atoms with Gasteiger partial charge in [0.1, 0.15) is 6.04 Å². The van der Waals surface area contributed by atoms with E-state index in [1.807, 2.05) is 30.3 Å². The Bertz CT molecular complexity index is 1350. The molecule has 3 rings (SSSR count). The van der Waals surface area contributed by atoms with Crippen molar-refractivity contribution in [3.63, 3.8) is 0 Å². The fourth-order valence-electron chi connectivity index (χ4n) is 4.12. The van der Waals surface area contributed by atoms with Crippen LogP contribution in [0.1, 0.15) is 16.7 Å². The van der Waals surface area contributed by atoms with E-state index in [0.29, 0.717) is 46.5 Å². The van der Waals surface area contributed by atoms with Gasteiger partial charge in [0.25, 0.3) is 0 Å². The molecule has 0 heterocycles. The number of benzene rings is 3. The summed E-state index contributed by atoms with van der Waals surface area (Å²) in [5.41, 5.74) is 2.48. The van der Waals surface area contributed by atoms with Gasteiger partial charge < -0.3 is 29.6 Å². The lowest BCUT2D eigenvalue weighted by molar-refractivity contribution is -0.123. The van der Waals surface area contributed by atoms with Crippen molar-refractivity contribution in [2.45, 2.75) is 25.3 Å². The van der Waals surface area contributed by atoms with Gasteiger partial charge in [0.15, 0.2) is 29.0 Å². The van der Waals surface area contributed by atoms with E-state index in [9.17, 15) is 9.59 Å². The average molecular weight is 583 g/mol. The van der Waals surface area contributed by atoms with Gasteiger partial charge in [-0.05, 0) is 59.5 Å². The third-order valence-corrected chi connectivity index (χ3v) is 6.48. The van der Waals surface area contributed by atoms with E-state index in [1.54, 1.807) is 44.6 Å². The van der Waals surface area contributed by atoms with Gasteiger partial charge in [-0.25, -0.2) is 0 Å². The summed E-state index contributed by atoms with van der Waals surface area (Å²) in [6.45, 7) is 0.353. The van der Waals surface area contributed by atoms with E-state index in [2.05, 4.69) is 16.0 Å². The monoisotopic (exact) mass is 582 g/mol. The zero-order valence-electron chi connectivity index (χ0n) is 23.5. The van der Waals surface area contributed by atoms with E-state index in [-0.39, 0.29) is 24.7 Å². The van der Waals surface area contributed by atoms with Crippen LogP contribution in [0.4, 0.5) is 0 Å². The van der Waals surface area contributed by atoms with Gasteiger partial charge in [-0.1, -0.05) is 35.9 Å². The highest BCUT2D eigenvalue weighted by Gasteiger charge is 2.21. The Morgan fingerprint density at radius 3 is 1.90 bits per heavy atom. The van der Waals surface area contributed by atoms with Crippen LogP contribution in [0.25, 0.3) is 0 Å². The maximum absolute atomic E-state index is 13.2. The molecule has 4 N–H and O–H groups in total. The zero-order valence-corrected chi connectivity index (χ0v) is 24.3. The minimum absolute atomic E-state index is 0.00376. The second-order valence-corrected chi connectivity index (χ2v) is 9.48. The Morgan fingerprint density at radius 2 is 1.32 bits per heavy atom. The minimum Gasteiger partial charge on any atom is -0.493 e. The lowest BCUT2D eigenvalue weighted by atomic mass is 10.0. The van der Waals surface area contributed by atoms with Crippen molar-refractivity contribution in [3.8, 4) is 23.0 Å². The second-order valence-electron chi connectivity index (χ2n) is 9.05. The van der Waals surface area contributed by atoms with Crippen LogP contribution in [0, 0.1) is 5.41 Å². The summed E-state index contributed by atoms with van der Waals surface area (Å²) >= 11 is 6.01. The first-order valence-electron chi connectivity index (χ1n) is 12.8. The maximum Gasteiger partial charge on any atom is 0.242 e. The van der Waals surface area contributed by atoms with Crippen LogP contribution in [-0.4, -0.2) is 58.8 Å². The minimum atomic E-state index is -0.824. The van der Waals surface area contributed by atoms with E-state index >= 15 is 0 Å². The fraction of sp³-hybridized carbons (Fsp3) is 0.300. The van der Waals surface area contributed by atoms with Crippen molar-refractivity contribution in [2.24, 2.45) is 0 Å². The normalized spacial score (nSPS) is 11.1. The summed E-state index contributed by atoms with van der Waals surface area (Å²) in [6, 6.07) is 17.0. The van der Waals surface area contributed by atoms with Crippen molar-refractivity contribution in [2.75, 3.05) is 35.0 Å². The quantitative estimate of drug-likeness (QED) is 0.179. The molecule has 11 heteroatoms. The molecule has 0 bridgehead atoms. The van der Waals surface area contributed by atoms with Crippen LogP contribution >= 0.6 is 11.6 Å². The number of hydrogen-bond donors (Lipinski definition) is 4. The SMILES string of the molecule is COc1ccc(CCNC(=O)[C@@H](Cc2ccc(Cl)cc2)NC(=N)NC(=O)Cc2ccc(OC)c(OC)c2)cc1OC. The van der Waals surface area contributed by atoms with E-state index < -0.39 is 11.9 Å². The van der Waals surface area contributed by atoms with Gasteiger partial charge >= 0.3 is 0 Å². The molecule has 218 valence electrons. The molecule has 3 aromatic rings. The Kier molecular flexibility index (Phi) is 11.7. The molecule has 0 aliphatic rings. The summed E-state index contributed by atoms with van der Waals surface area (Å²) in [5.74, 6) is 1.25. The smallest absolute Gasteiger partial charge is 0.242 e. The maximum atomic E-state index is 13.2. The Balaban J connectivity index is 1.62. The number of halogens is 1. The van der Waals surface area contributed by atoms with Gasteiger partial charge in [0.05, 0.1) is 34.9 Å². The number of ether oxygens (including phenoxy) is 4. The highest BCUT2D eigenvalue weighted by Crippen LogP contribution is 2.28. The highest BCUT2D eigenvalue weighted by atomic mass is 35.5. The van der Waals surface area contributed by atoms with Crippen LogP contribution in [0.15, 0.2) is 60.7 Å². The Hall–Kier alpha value is -4.44. The molecule has 41 heavy (non-hydrogen) atoms. The molecule has 1 atom stereocenters. The molecule has 0 aliphatic heterocycles. The first-order valence-corrected chi connectivity index (χ1v) is 13.2. The van der Waals surface area contributed by atoms with Crippen LogP contribution in [0.3, 0.4) is 0 Å². The summed E-state index contributed by atoms with van der Waals surface area (Å²) in [6.07, 6.45) is 0.830. The van der Waals surface area contributed by atoms with Crippen molar-refractivity contribution in [1.82, 2.24) is 16.0 Å². The van der Waals surface area contributed by atoms with Crippen molar-refractivity contribution < 1.29 is 28.5 Å². The number of hydrogen-bond acceptors (Lipinski definition) is 7. The molecule has 2 amide bonds. The Labute approximate surface area is 244 Å². The average Bonchev–Trinajstić information content (AvgIpc) is 2.97. The lowest BCUT2D eigenvalue weighted by Gasteiger charge is -2.20. The van der Waals surface area contributed by atoms with E-state index in [1.165, 1.54) is 14.2 Å². The van der Waals surface area contributed by atoms with Crippen LogP contribution in [0.2, 0.25) is 5.02 Å². The number of rotatable bonds is 13.